The van der Waals surface area contributed by atoms with E-state index in [9.17, 15) is 0 Å². The van der Waals surface area contributed by atoms with Crippen LogP contribution in [0.4, 0.5) is 11.6 Å². The topological polar surface area (TPSA) is 55.0 Å². The van der Waals surface area contributed by atoms with Crippen LogP contribution in [0.3, 0.4) is 0 Å². The Bertz CT molecular complexity index is 431. The summed E-state index contributed by atoms with van der Waals surface area (Å²) in [4.78, 5) is 11.1. The molecule has 1 aromatic heterocycles. The summed E-state index contributed by atoms with van der Waals surface area (Å²) in [7, 11) is 0. The first kappa shape index (κ1) is 11.8. The Morgan fingerprint density at radius 3 is 2.50 bits per heavy atom. The van der Waals surface area contributed by atoms with Crippen molar-refractivity contribution in [3.63, 3.8) is 0 Å². The molecular formula is C14H22N4. The molecule has 0 radical (unpaired) electrons. The van der Waals surface area contributed by atoms with Gasteiger partial charge in [-0.1, -0.05) is 20.3 Å². The van der Waals surface area contributed by atoms with Gasteiger partial charge in [-0.2, -0.15) is 0 Å². The number of fused-ring (bicyclic) bond motifs is 1. The van der Waals surface area contributed by atoms with Crippen molar-refractivity contribution < 1.29 is 0 Å². The molecule has 0 spiro atoms. The van der Waals surface area contributed by atoms with Crippen molar-refractivity contribution in [3.8, 4) is 0 Å². The summed E-state index contributed by atoms with van der Waals surface area (Å²) in [6.07, 6.45) is 5.79. The number of rotatable bonds is 2. The summed E-state index contributed by atoms with van der Waals surface area (Å²) >= 11 is 0. The number of nitrogens with zero attached hydrogens (tertiary/aromatic N) is 3. The van der Waals surface area contributed by atoms with E-state index in [0.717, 1.165) is 36.3 Å². The zero-order chi connectivity index (χ0) is 12.7. The molecule has 1 aliphatic heterocycles. The number of anilines is 2. The molecule has 2 N–H and O–H groups in total. The van der Waals surface area contributed by atoms with Crippen molar-refractivity contribution in [1.29, 1.82) is 0 Å². The van der Waals surface area contributed by atoms with E-state index in [-0.39, 0.29) is 0 Å². The Balaban J connectivity index is 1.91. The van der Waals surface area contributed by atoms with Gasteiger partial charge >= 0.3 is 0 Å². The molecule has 4 heteroatoms. The monoisotopic (exact) mass is 246 g/mol. The molecule has 2 unspecified atom stereocenters. The summed E-state index contributed by atoms with van der Waals surface area (Å²) in [6.45, 7) is 6.63. The van der Waals surface area contributed by atoms with Crippen LogP contribution in [0.25, 0.3) is 0 Å². The Hall–Kier alpha value is -1.32. The molecule has 2 fully saturated rings. The summed E-state index contributed by atoms with van der Waals surface area (Å²) in [5.41, 5.74) is 7.15. The maximum Gasteiger partial charge on any atom is 0.137 e. The van der Waals surface area contributed by atoms with Crippen LogP contribution in [-0.4, -0.2) is 23.1 Å². The molecule has 2 heterocycles. The molecule has 0 amide bonds. The van der Waals surface area contributed by atoms with E-state index in [4.69, 9.17) is 5.73 Å². The smallest absolute Gasteiger partial charge is 0.137 e. The normalized spacial score (nSPS) is 26.9. The number of hydrogen-bond acceptors (Lipinski definition) is 4. The van der Waals surface area contributed by atoms with E-state index in [1.54, 1.807) is 6.33 Å². The summed E-state index contributed by atoms with van der Waals surface area (Å²) in [6, 6.07) is 0. The summed E-state index contributed by atoms with van der Waals surface area (Å²) < 4.78 is 0. The highest BCUT2D eigenvalue weighted by atomic mass is 15.2. The van der Waals surface area contributed by atoms with E-state index >= 15 is 0 Å². The lowest BCUT2D eigenvalue weighted by molar-refractivity contribution is 0.494. The molecular weight excluding hydrogens is 224 g/mol. The van der Waals surface area contributed by atoms with E-state index < -0.39 is 0 Å². The van der Waals surface area contributed by atoms with Gasteiger partial charge in [0.2, 0.25) is 0 Å². The van der Waals surface area contributed by atoms with Crippen LogP contribution in [0.15, 0.2) is 6.33 Å². The van der Waals surface area contributed by atoms with Crippen molar-refractivity contribution in [2.45, 2.75) is 39.0 Å². The van der Waals surface area contributed by atoms with E-state index in [1.165, 1.54) is 19.3 Å². The highest BCUT2D eigenvalue weighted by Crippen LogP contribution is 2.41. The average Bonchev–Trinajstić information content (AvgIpc) is 2.87. The van der Waals surface area contributed by atoms with Crippen LogP contribution in [0.1, 0.15) is 44.6 Å². The number of aromatic nitrogens is 2. The predicted molar refractivity (Wildman–Crippen MR) is 73.6 cm³/mol. The van der Waals surface area contributed by atoms with Gasteiger partial charge in [-0.15, -0.1) is 0 Å². The first-order valence-electron chi connectivity index (χ1n) is 7.02. The predicted octanol–water partition coefficient (Wildman–Crippen LogP) is 2.42. The maximum absolute atomic E-state index is 6.03. The first-order chi connectivity index (χ1) is 8.66. The molecule has 3 rings (SSSR count). The maximum atomic E-state index is 6.03. The Morgan fingerprint density at radius 2 is 1.89 bits per heavy atom. The molecule has 0 bridgehead atoms. The molecule has 0 aromatic carbocycles. The van der Waals surface area contributed by atoms with Gasteiger partial charge in [0.1, 0.15) is 18.0 Å². The van der Waals surface area contributed by atoms with Crippen LogP contribution in [0, 0.1) is 11.8 Å². The molecule has 4 nitrogen and oxygen atoms in total. The fourth-order valence-corrected chi connectivity index (χ4v) is 3.61. The minimum Gasteiger partial charge on any atom is -0.383 e. The lowest BCUT2D eigenvalue weighted by Crippen LogP contribution is -2.24. The number of nitrogen functional groups attached to an aromatic ring is 1. The molecule has 98 valence electrons. The second kappa shape index (κ2) is 4.41. The molecule has 1 saturated heterocycles. The van der Waals surface area contributed by atoms with Crippen LogP contribution < -0.4 is 10.6 Å². The van der Waals surface area contributed by atoms with Gasteiger partial charge in [0.05, 0.1) is 0 Å². The minimum absolute atomic E-state index is 0.377. The van der Waals surface area contributed by atoms with Gasteiger partial charge in [-0.25, -0.2) is 9.97 Å². The van der Waals surface area contributed by atoms with Crippen molar-refractivity contribution in [3.05, 3.63) is 11.9 Å². The lowest BCUT2D eigenvalue weighted by Gasteiger charge is -2.23. The average molecular weight is 246 g/mol. The zero-order valence-corrected chi connectivity index (χ0v) is 11.3. The van der Waals surface area contributed by atoms with Gasteiger partial charge in [-0.3, -0.25) is 0 Å². The number of hydrogen-bond donors (Lipinski definition) is 1. The summed E-state index contributed by atoms with van der Waals surface area (Å²) in [5.74, 6) is 3.85. The molecule has 2 aliphatic rings. The number of nitrogens with two attached hydrogens (primary N) is 1. The molecule has 2 atom stereocenters. The van der Waals surface area contributed by atoms with Gasteiger partial charge in [0.25, 0.3) is 0 Å². The zero-order valence-electron chi connectivity index (χ0n) is 11.3. The second-order valence-electron chi connectivity index (χ2n) is 6.01. The van der Waals surface area contributed by atoms with Crippen LogP contribution in [0.5, 0.6) is 0 Å². The third-order valence-electron chi connectivity index (χ3n) is 4.50. The lowest BCUT2D eigenvalue weighted by atomic mass is 10.0. The Labute approximate surface area is 109 Å². The van der Waals surface area contributed by atoms with Crippen LogP contribution in [-0.2, 0) is 0 Å². The van der Waals surface area contributed by atoms with E-state index in [1.807, 2.05) is 0 Å². The Morgan fingerprint density at radius 1 is 1.22 bits per heavy atom. The van der Waals surface area contributed by atoms with Crippen LogP contribution in [0.2, 0.25) is 0 Å². The van der Waals surface area contributed by atoms with Crippen molar-refractivity contribution >= 4 is 11.6 Å². The molecule has 1 saturated carbocycles. The van der Waals surface area contributed by atoms with Gasteiger partial charge in [0.15, 0.2) is 0 Å². The Kier molecular flexibility index (Phi) is 2.88. The van der Waals surface area contributed by atoms with Gasteiger partial charge in [-0.05, 0) is 30.6 Å². The fourth-order valence-electron chi connectivity index (χ4n) is 3.61. The summed E-state index contributed by atoms with van der Waals surface area (Å²) in [5, 5.41) is 0. The highest BCUT2D eigenvalue weighted by molar-refractivity contribution is 5.58. The SMILES string of the molecule is CC(C)c1c(N)ncnc1N1CC2CCCC2C1. The largest absolute Gasteiger partial charge is 0.383 e. The second-order valence-corrected chi connectivity index (χ2v) is 6.01. The molecule has 18 heavy (non-hydrogen) atoms. The van der Waals surface area contributed by atoms with Crippen molar-refractivity contribution in [1.82, 2.24) is 9.97 Å². The highest BCUT2D eigenvalue weighted by Gasteiger charge is 2.37. The van der Waals surface area contributed by atoms with Crippen molar-refractivity contribution in [2.75, 3.05) is 23.7 Å². The quantitative estimate of drug-likeness (QED) is 0.870. The molecule has 1 aliphatic carbocycles. The standard InChI is InChI=1S/C14H22N4/c1-9(2)12-13(15)16-8-17-14(12)18-6-10-4-3-5-11(10)7-18/h8-11H,3-7H2,1-2H3,(H2,15,16,17). The van der Waals surface area contributed by atoms with E-state index in [0.29, 0.717) is 11.7 Å². The van der Waals surface area contributed by atoms with Gasteiger partial charge in [0, 0.05) is 18.7 Å². The molecule has 1 aromatic rings. The third kappa shape index (κ3) is 1.84. The van der Waals surface area contributed by atoms with E-state index in [2.05, 4.69) is 28.7 Å². The minimum atomic E-state index is 0.377. The first-order valence-corrected chi connectivity index (χ1v) is 7.02. The third-order valence-corrected chi connectivity index (χ3v) is 4.50. The fraction of sp³-hybridized carbons (Fsp3) is 0.714. The van der Waals surface area contributed by atoms with Crippen molar-refractivity contribution in [2.24, 2.45) is 11.8 Å². The van der Waals surface area contributed by atoms with Gasteiger partial charge < -0.3 is 10.6 Å². The van der Waals surface area contributed by atoms with Crippen LogP contribution >= 0.6 is 0 Å².